The Morgan fingerprint density at radius 1 is 1.22 bits per heavy atom. The molecule has 3 amide bonds. The SMILES string of the molecule is Cc1ncsc1-c1ccc(CNC(=O)[C@@H]2C[C@@H](O)CN2C(=O)[C@@H](NC(=O)OC2CCC2)C(C)(C)C)cc1. The molecular formula is C27H36N4O5S. The minimum atomic E-state index is -0.900. The van der Waals surface area contributed by atoms with Gasteiger partial charge < -0.3 is 25.4 Å². The summed E-state index contributed by atoms with van der Waals surface area (Å²) in [6.07, 6.45) is 1.27. The van der Waals surface area contributed by atoms with E-state index < -0.39 is 35.6 Å². The fourth-order valence-electron chi connectivity index (χ4n) is 4.57. The summed E-state index contributed by atoms with van der Waals surface area (Å²) in [4.78, 5) is 45.9. The van der Waals surface area contributed by atoms with Gasteiger partial charge in [0.05, 0.1) is 22.2 Å². The number of aliphatic hydroxyl groups is 1. The monoisotopic (exact) mass is 528 g/mol. The first kappa shape index (κ1) is 27.1. The van der Waals surface area contributed by atoms with Gasteiger partial charge >= 0.3 is 6.09 Å². The third-order valence-corrected chi connectivity index (χ3v) is 7.97. The van der Waals surface area contributed by atoms with Crippen LogP contribution in [0.5, 0.6) is 0 Å². The van der Waals surface area contributed by atoms with Crippen LogP contribution in [0.1, 0.15) is 57.7 Å². The number of likely N-dealkylation sites (tertiary alicyclic amines) is 1. The summed E-state index contributed by atoms with van der Waals surface area (Å²) in [5.74, 6) is -0.740. The van der Waals surface area contributed by atoms with Crippen molar-refractivity contribution in [3.63, 3.8) is 0 Å². The number of alkyl carbamates (subject to hydrolysis) is 1. The molecule has 1 saturated carbocycles. The molecule has 4 rings (SSSR count). The lowest BCUT2D eigenvalue weighted by molar-refractivity contribution is -0.142. The molecule has 2 aliphatic rings. The summed E-state index contributed by atoms with van der Waals surface area (Å²) >= 11 is 1.58. The molecule has 1 saturated heterocycles. The molecule has 0 bridgehead atoms. The molecule has 37 heavy (non-hydrogen) atoms. The van der Waals surface area contributed by atoms with Gasteiger partial charge in [-0.2, -0.15) is 0 Å². The highest BCUT2D eigenvalue weighted by Crippen LogP contribution is 2.29. The predicted octanol–water partition coefficient (Wildman–Crippen LogP) is 3.39. The number of benzene rings is 1. The fourth-order valence-corrected chi connectivity index (χ4v) is 5.38. The Bertz CT molecular complexity index is 1120. The minimum absolute atomic E-state index is 0.0335. The van der Waals surface area contributed by atoms with Gasteiger partial charge in [0, 0.05) is 19.5 Å². The maximum absolute atomic E-state index is 13.6. The van der Waals surface area contributed by atoms with Crippen LogP contribution >= 0.6 is 11.3 Å². The van der Waals surface area contributed by atoms with Gasteiger partial charge in [-0.25, -0.2) is 9.78 Å². The molecule has 3 atom stereocenters. The van der Waals surface area contributed by atoms with Gasteiger partial charge in [0.2, 0.25) is 11.8 Å². The molecule has 9 nitrogen and oxygen atoms in total. The van der Waals surface area contributed by atoms with Crippen LogP contribution in [0.25, 0.3) is 10.4 Å². The van der Waals surface area contributed by atoms with Gasteiger partial charge in [0.25, 0.3) is 0 Å². The van der Waals surface area contributed by atoms with Crippen molar-refractivity contribution in [3.8, 4) is 10.4 Å². The predicted molar refractivity (Wildman–Crippen MR) is 141 cm³/mol. The number of hydrogen-bond donors (Lipinski definition) is 3. The quantitative estimate of drug-likeness (QED) is 0.507. The Morgan fingerprint density at radius 2 is 1.92 bits per heavy atom. The molecule has 3 N–H and O–H groups in total. The summed E-state index contributed by atoms with van der Waals surface area (Å²) in [7, 11) is 0. The summed E-state index contributed by atoms with van der Waals surface area (Å²) in [6.45, 7) is 7.84. The first-order valence-corrected chi connectivity index (χ1v) is 13.6. The lowest BCUT2D eigenvalue weighted by Crippen LogP contribution is -2.58. The number of rotatable bonds is 7. The van der Waals surface area contributed by atoms with E-state index >= 15 is 0 Å². The molecule has 1 aromatic heterocycles. The summed E-state index contributed by atoms with van der Waals surface area (Å²) < 4.78 is 5.39. The first-order valence-electron chi connectivity index (χ1n) is 12.8. The third-order valence-electron chi connectivity index (χ3n) is 6.99. The van der Waals surface area contributed by atoms with Crippen molar-refractivity contribution in [1.82, 2.24) is 20.5 Å². The van der Waals surface area contributed by atoms with E-state index in [2.05, 4.69) is 15.6 Å². The van der Waals surface area contributed by atoms with Crippen LogP contribution in [-0.2, 0) is 20.9 Å². The van der Waals surface area contributed by atoms with Crippen molar-refractivity contribution >= 4 is 29.2 Å². The molecule has 2 fully saturated rings. The standard InChI is InChI=1S/C27H36N4O5S/c1-16-22(37-15-29-16)18-10-8-17(9-11-18)13-28-24(33)21-12-19(32)14-31(21)25(34)23(27(2,3)4)30-26(35)36-20-6-5-7-20/h8-11,15,19-21,23,32H,5-7,12-14H2,1-4H3,(H,28,33)(H,30,35)/t19-,21+,23-/m1/s1. The number of aliphatic hydroxyl groups excluding tert-OH is 1. The van der Waals surface area contributed by atoms with Crippen molar-refractivity contribution in [2.45, 2.75) is 84.2 Å². The van der Waals surface area contributed by atoms with Gasteiger partial charge in [0.1, 0.15) is 18.2 Å². The van der Waals surface area contributed by atoms with Crippen molar-refractivity contribution in [1.29, 1.82) is 0 Å². The van der Waals surface area contributed by atoms with Gasteiger partial charge in [-0.15, -0.1) is 11.3 Å². The van der Waals surface area contributed by atoms with Crippen LogP contribution in [0.4, 0.5) is 4.79 Å². The van der Waals surface area contributed by atoms with E-state index in [1.165, 1.54) is 4.90 Å². The second-order valence-electron chi connectivity index (χ2n) is 11.0. The lowest BCUT2D eigenvalue weighted by Gasteiger charge is -2.35. The zero-order chi connectivity index (χ0) is 26.7. The van der Waals surface area contributed by atoms with Gasteiger partial charge in [-0.3, -0.25) is 9.59 Å². The molecule has 0 spiro atoms. The van der Waals surface area contributed by atoms with Crippen molar-refractivity contribution in [2.75, 3.05) is 6.54 Å². The Morgan fingerprint density at radius 3 is 2.49 bits per heavy atom. The smallest absolute Gasteiger partial charge is 0.408 e. The second kappa shape index (κ2) is 11.2. The second-order valence-corrected chi connectivity index (χ2v) is 11.8. The molecule has 200 valence electrons. The largest absolute Gasteiger partial charge is 0.446 e. The number of thiazole rings is 1. The van der Waals surface area contributed by atoms with E-state index in [0.717, 1.165) is 41.0 Å². The van der Waals surface area contributed by atoms with Crippen LogP contribution < -0.4 is 10.6 Å². The van der Waals surface area contributed by atoms with Gasteiger partial charge in [-0.05, 0) is 42.7 Å². The molecule has 0 unspecified atom stereocenters. The number of nitrogens with zero attached hydrogens (tertiary/aromatic N) is 2. The molecule has 1 aromatic carbocycles. The molecule has 0 radical (unpaired) electrons. The number of amides is 3. The molecule has 1 aliphatic heterocycles. The van der Waals surface area contributed by atoms with E-state index in [-0.39, 0.29) is 25.0 Å². The number of β-amino-alcohol motifs (C(OH)–C–C–N with tert-alkyl or cyclic N) is 1. The Balaban J connectivity index is 1.39. The van der Waals surface area contributed by atoms with Gasteiger partial charge in [0.15, 0.2) is 0 Å². The molecule has 2 heterocycles. The normalized spacial score (nSPS) is 20.7. The van der Waals surface area contributed by atoms with E-state index in [9.17, 15) is 19.5 Å². The summed E-state index contributed by atoms with van der Waals surface area (Å²) in [5, 5.41) is 16.0. The fraction of sp³-hybridized carbons (Fsp3) is 0.556. The number of ether oxygens (including phenoxy) is 1. The van der Waals surface area contributed by atoms with E-state index in [1.807, 2.05) is 57.5 Å². The zero-order valence-electron chi connectivity index (χ0n) is 21.8. The number of carbonyl (C=O) groups is 3. The highest BCUT2D eigenvalue weighted by Gasteiger charge is 2.44. The first-order chi connectivity index (χ1) is 17.5. The van der Waals surface area contributed by atoms with Crippen LogP contribution in [0, 0.1) is 12.3 Å². The van der Waals surface area contributed by atoms with Crippen LogP contribution in [0.15, 0.2) is 29.8 Å². The Labute approximate surface area is 221 Å². The van der Waals surface area contributed by atoms with Crippen LogP contribution in [-0.4, -0.2) is 63.7 Å². The highest BCUT2D eigenvalue weighted by atomic mass is 32.1. The molecule has 10 heteroatoms. The number of aryl methyl sites for hydroxylation is 1. The molecule has 2 aromatic rings. The zero-order valence-corrected chi connectivity index (χ0v) is 22.6. The number of aromatic nitrogens is 1. The Hall–Kier alpha value is -2.98. The van der Waals surface area contributed by atoms with Crippen molar-refractivity contribution in [3.05, 3.63) is 41.0 Å². The highest BCUT2D eigenvalue weighted by molar-refractivity contribution is 7.13. The Kier molecular flexibility index (Phi) is 8.18. The summed E-state index contributed by atoms with van der Waals surface area (Å²) in [6, 6.07) is 6.18. The van der Waals surface area contributed by atoms with E-state index in [1.54, 1.807) is 11.3 Å². The number of nitrogens with one attached hydrogen (secondary N) is 2. The average molecular weight is 529 g/mol. The molecule has 1 aliphatic carbocycles. The number of carbonyl (C=O) groups excluding carboxylic acids is 3. The van der Waals surface area contributed by atoms with E-state index in [0.29, 0.717) is 6.54 Å². The van der Waals surface area contributed by atoms with Crippen LogP contribution in [0.3, 0.4) is 0 Å². The number of hydrogen-bond acceptors (Lipinski definition) is 7. The molecular weight excluding hydrogens is 492 g/mol. The van der Waals surface area contributed by atoms with Crippen molar-refractivity contribution in [2.24, 2.45) is 5.41 Å². The lowest BCUT2D eigenvalue weighted by atomic mass is 9.85. The third kappa shape index (κ3) is 6.48. The maximum atomic E-state index is 13.6. The van der Waals surface area contributed by atoms with E-state index in [4.69, 9.17) is 4.74 Å². The maximum Gasteiger partial charge on any atom is 0.408 e. The topological polar surface area (TPSA) is 121 Å². The average Bonchev–Trinajstić information content (AvgIpc) is 3.43. The van der Waals surface area contributed by atoms with Gasteiger partial charge in [-0.1, -0.05) is 45.0 Å². The summed E-state index contributed by atoms with van der Waals surface area (Å²) in [5.41, 5.74) is 4.17. The van der Waals surface area contributed by atoms with Crippen LogP contribution in [0.2, 0.25) is 0 Å². The van der Waals surface area contributed by atoms with Crippen molar-refractivity contribution < 1.29 is 24.2 Å². The minimum Gasteiger partial charge on any atom is -0.446 e.